The monoisotopic (exact) mass is 241 g/mol. The number of carboxylic acids is 1. The fourth-order valence-corrected chi connectivity index (χ4v) is 2.67. The molecular formula is C11H15NO3S. The lowest BCUT2D eigenvalue weighted by Crippen LogP contribution is -2.35. The molecule has 0 unspecified atom stereocenters. The lowest BCUT2D eigenvalue weighted by atomic mass is 9.82. The number of nitrogens with one attached hydrogen (secondary N) is 1. The summed E-state index contributed by atoms with van der Waals surface area (Å²) in [6, 6.07) is 3.48. The van der Waals surface area contributed by atoms with Crippen LogP contribution >= 0.6 is 11.3 Å². The first-order valence-electron chi connectivity index (χ1n) is 5.36. The molecule has 0 atom stereocenters. The maximum absolute atomic E-state index is 10.7. The highest BCUT2D eigenvalue weighted by atomic mass is 32.1. The van der Waals surface area contributed by atoms with Crippen molar-refractivity contribution in [2.24, 2.45) is 5.92 Å². The fraction of sp³-hybridized carbons (Fsp3) is 0.545. The number of hydrogen-bond donors (Lipinski definition) is 3. The van der Waals surface area contributed by atoms with E-state index in [1.54, 1.807) is 6.07 Å². The smallest absolute Gasteiger partial charge is 0.345 e. The number of aliphatic hydroxyl groups is 1. The number of hydrogen-bond acceptors (Lipinski definition) is 4. The Bertz CT molecular complexity index is 371. The molecule has 0 spiro atoms. The molecule has 0 saturated heterocycles. The van der Waals surface area contributed by atoms with Crippen LogP contribution in [0.15, 0.2) is 12.1 Å². The van der Waals surface area contributed by atoms with Crippen LogP contribution < -0.4 is 5.32 Å². The molecule has 1 aromatic heterocycles. The molecule has 1 fully saturated rings. The number of thiophene rings is 1. The zero-order valence-electron chi connectivity index (χ0n) is 8.85. The normalized spacial score (nSPS) is 24.1. The molecule has 0 bridgehead atoms. The van der Waals surface area contributed by atoms with Gasteiger partial charge in [0.25, 0.3) is 0 Å². The molecule has 0 amide bonds. The lowest BCUT2D eigenvalue weighted by molar-refractivity contribution is 0.0430. The van der Waals surface area contributed by atoms with Gasteiger partial charge in [0.1, 0.15) is 4.88 Å². The molecule has 5 heteroatoms. The zero-order chi connectivity index (χ0) is 11.5. The van der Waals surface area contributed by atoms with Gasteiger partial charge in [0.2, 0.25) is 0 Å². The summed E-state index contributed by atoms with van der Waals surface area (Å²) in [4.78, 5) is 12.1. The van der Waals surface area contributed by atoms with Crippen molar-refractivity contribution in [2.75, 3.05) is 6.54 Å². The zero-order valence-corrected chi connectivity index (χ0v) is 9.67. The summed E-state index contributed by atoms with van der Waals surface area (Å²) in [5.41, 5.74) is 0. The van der Waals surface area contributed by atoms with Crippen molar-refractivity contribution in [3.63, 3.8) is 0 Å². The summed E-state index contributed by atoms with van der Waals surface area (Å²) < 4.78 is 0. The summed E-state index contributed by atoms with van der Waals surface area (Å²) in [6.45, 7) is 1.61. The number of carboxylic acid groups (broad SMARTS) is 1. The number of aliphatic hydroxyl groups excluding tert-OH is 1. The van der Waals surface area contributed by atoms with Crippen molar-refractivity contribution >= 4 is 17.3 Å². The van der Waals surface area contributed by atoms with E-state index in [0.717, 1.165) is 24.3 Å². The Labute approximate surface area is 97.9 Å². The van der Waals surface area contributed by atoms with Gasteiger partial charge >= 0.3 is 5.97 Å². The highest BCUT2D eigenvalue weighted by molar-refractivity contribution is 7.13. The molecule has 0 aromatic carbocycles. The van der Waals surface area contributed by atoms with Gasteiger partial charge in [-0.05, 0) is 37.4 Å². The average Bonchev–Trinajstić information content (AvgIpc) is 2.63. The third-order valence-electron chi connectivity index (χ3n) is 2.82. The largest absolute Gasteiger partial charge is 0.477 e. The molecule has 1 saturated carbocycles. The van der Waals surface area contributed by atoms with Crippen LogP contribution in [-0.4, -0.2) is 28.8 Å². The van der Waals surface area contributed by atoms with Crippen molar-refractivity contribution in [3.05, 3.63) is 21.9 Å². The molecule has 2 rings (SSSR count). The SMILES string of the molecule is O=C(O)c1ccc(CNCC2CC(O)C2)s1. The Morgan fingerprint density at radius 1 is 1.50 bits per heavy atom. The first kappa shape index (κ1) is 11.6. The third kappa shape index (κ3) is 2.81. The fourth-order valence-electron chi connectivity index (χ4n) is 1.85. The van der Waals surface area contributed by atoms with Gasteiger partial charge in [0.15, 0.2) is 0 Å². The molecule has 4 nitrogen and oxygen atoms in total. The quantitative estimate of drug-likeness (QED) is 0.727. The Morgan fingerprint density at radius 3 is 2.81 bits per heavy atom. The van der Waals surface area contributed by atoms with Crippen LogP contribution in [0.5, 0.6) is 0 Å². The number of aromatic carboxylic acids is 1. The minimum absolute atomic E-state index is 0.104. The van der Waals surface area contributed by atoms with Crippen LogP contribution in [0, 0.1) is 5.92 Å². The summed E-state index contributed by atoms with van der Waals surface area (Å²) >= 11 is 1.31. The average molecular weight is 241 g/mol. The highest BCUT2D eigenvalue weighted by Gasteiger charge is 2.26. The maximum Gasteiger partial charge on any atom is 0.345 e. The van der Waals surface area contributed by atoms with Crippen LogP contribution in [0.3, 0.4) is 0 Å². The second-order valence-electron chi connectivity index (χ2n) is 4.19. The van der Waals surface area contributed by atoms with Gasteiger partial charge in [0, 0.05) is 11.4 Å². The standard InChI is InChI=1S/C11H15NO3S/c13-8-3-7(4-8)5-12-6-9-1-2-10(16-9)11(14)15/h1-2,7-8,12-13H,3-6H2,(H,14,15). The minimum Gasteiger partial charge on any atom is -0.477 e. The van der Waals surface area contributed by atoms with Gasteiger partial charge in [-0.25, -0.2) is 4.79 Å². The highest BCUT2D eigenvalue weighted by Crippen LogP contribution is 2.26. The molecule has 16 heavy (non-hydrogen) atoms. The van der Waals surface area contributed by atoms with E-state index in [0.29, 0.717) is 17.3 Å². The maximum atomic E-state index is 10.7. The Balaban J connectivity index is 1.70. The van der Waals surface area contributed by atoms with Gasteiger partial charge in [-0.15, -0.1) is 11.3 Å². The first-order valence-corrected chi connectivity index (χ1v) is 6.17. The number of rotatable bonds is 5. The van der Waals surface area contributed by atoms with E-state index in [-0.39, 0.29) is 6.10 Å². The van der Waals surface area contributed by atoms with Gasteiger partial charge in [-0.3, -0.25) is 0 Å². The summed E-state index contributed by atoms with van der Waals surface area (Å²) in [5.74, 6) is -0.285. The molecule has 3 N–H and O–H groups in total. The molecule has 1 aromatic rings. The summed E-state index contributed by atoms with van der Waals surface area (Å²) in [6.07, 6.45) is 1.67. The van der Waals surface area contributed by atoms with Crippen LogP contribution in [0.2, 0.25) is 0 Å². The van der Waals surface area contributed by atoms with E-state index in [9.17, 15) is 4.79 Å². The molecule has 0 aliphatic heterocycles. The molecule has 88 valence electrons. The van der Waals surface area contributed by atoms with E-state index in [1.165, 1.54) is 11.3 Å². The van der Waals surface area contributed by atoms with E-state index in [2.05, 4.69) is 5.32 Å². The second kappa shape index (κ2) is 4.95. The van der Waals surface area contributed by atoms with Crippen molar-refractivity contribution < 1.29 is 15.0 Å². The van der Waals surface area contributed by atoms with Gasteiger partial charge in [0.05, 0.1) is 6.10 Å². The van der Waals surface area contributed by atoms with Gasteiger partial charge in [-0.2, -0.15) is 0 Å². The van der Waals surface area contributed by atoms with E-state index in [1.807, 2.05) is 6.07 Å². The van der Waals surface area contributed by atoms with Crippen LogP contribution in [0.1, 0.15) is 27.4 Å². The minimum atomic E-state index is -0.863. The Hall–Kier alpha value is -0.910. The summed E-state index contributed by atoms with van der Waals surface area (Å²) in [5, 5.41) is 21.1. The van der Waals surface area contributed by atoms with Crippen LogP contribution in [0.25, 0.3) is 0 Å². The predicted molar refractivity (Wildman–Crippen MR) is 61.7 cm³/mol. The second-order valence-corrected chi connectivity index (χ2v) is 5.36. The van der Waals surface area contributed by atoms with E-state index < -0.39 is 5.97 Å². The van der Waals surface area contributed by atoms with Crippen LogP contribution in [-0.2, 0) is 6.54 Å². The first-order chi connectivity index (χ1) is 7.65. The van der Waals surface area contributed by atoms with Crippen molar-refractivity contribution in [3.8, 4) is 0 Å². The van der Waals surface area contributed by atoms with Crippen LogP contribution in [0.4, 0.5) is 0 Å². The van der Waals surface area contributed by atoms with Gasteiger partial charge < -0.3 is 15.5 Å². The number of carbonyl (C=O) groups is 1. The van der Waals surface area contributed by atoms with E-state index >= 15 is 0 Å². The van der Waals surface area contributed by atoms with Gasteiger partial charge in [-0.1, -0.05) is 0 Å². The molecule has 1 aliphatic rings. The molecule has 0 radical (unpaired) electrons. The molecule has 1 heterocycles. The van der Waals surface area contributed by atoms with Crippen molar-refractivity contribution in [1.82, 2.24) is 5.32 Å². The Kier molecular flexibility index (Phi) is 3.58. The van der Waals surface area contributed by atoms with Crippen molar-refractivity contribution in [1.29, 1.82) is 0 Å². The lowest BCUT2D eigenvalue weighted by Gasteiger charge is -2.31. The predicted octanol–water partition coefficient (Wildman–Crippen LogP) is 1.31. The van der Waals surface area contributed by atoms with Crippen molar-refractivity contribution in [2.45, 2.75) is 25.5 Å². The van der Waals surface area contributed by atoms with E-state index in [4.69, 9.17) is 10.2 Å². The molecule has 1 aliphatic carbocycles. The third-order valence-corrected chi connectivity index (χ3v) is 3.89. The summed E-state index contributed by atoms with van der Waals surface area (Å²) in [7, 11) is 0. The Morgan fingerprint density at radius 2 is 2.25 bits per heavy atom. The topological polar surface area (TPSA) is 69.6 Å². The molecular weight excluding hydrogens is 226 g/mol.